The van der Waals surface area contributed by atoms with Gasteiger partial charge in [-0.15, -0.1) is 0 Å². The number of rotatable bonds is 2. The van der Waals surface area contributed by atoms with Gasteiger partial charge in [0.2, 0.25) is 0 Å². The average Bonchev–Trinajstić information content (AvgIpc) is 3.27. The third-order valence-corrected chi connectivity index (χ3v) is 6.73. The van der Waals surface area contributed by atoms with E-state index in [9.17, 15) is 4.79 Å². The fraction of sp³-hybridized carbons (Fsp3) is 0.185. The van der Waals surface area contributed by atoms with Crippen molar-refractivity contribution in [3.63, 3.8) is 0 Å². The molecule has 1 aliphatic heterocycles. The van der Waals surface area contributed by atoms with Gasteiger partial charge in [0.05, 0.1) is 17.6 Å². The van der Waals surface area contributed by atoms with E-state index in [0.717, 1.165) is 55.8 Å². The zero-order chi connectivity index (χ0) is 23.4. The first kappa shape index (κ1) is 20.8. The van der Waals surface area contributed by atoms with Gasteiger partial charge in [-0.1, -0.05) is 23.7 Å². The van der Waals surface area contributed by atoms with Crippen LogP contribution < -0.4 is 4.74 Å². The third kappa shape index (κ3) is 3.51. The van der Waals surface area contributed by atoms with Gasteiger partial charge in [-0.25, -0.2) is 4.98 Å². The van der Waals surface area contributed by atoms with E-state index in [2.05, 4.69) is 39.2 Å². The Bertz CT molecular complexity index is 1580. The first-order valence-electron chi connectivity index (χ1n) is 11.3. The number of halogens is 1. The molecule has 0 saturated heterocycles. The summed E-state index contributed by atoms with van der Waals surface area (Å²) in [6.07, 6.45) is 0. The summed E-state index contributed by atoms with van der Waals surface area (Å²) in [5.41, 5.74) is 7.51. The van der Waals surface area contributed by atoms with Gasteiger partial charge in [0.1, 0.15) is 23.9 Å². The quantitative estimate of drug-likeness (QED) is 0.331. The Morgan fingerprint density at radius 2 is 1.82 bits per heavy atom. The van der Waals surface area contributed by atoms with Crippen LogP contribution in [0.25, 0.3) is 33.1 Å². The van der Waals surface area contributed by atoms with Gasteiger partial charge < -0.3 is 19.6 Å². The van der Waals surface area contributed by atoms with E-state index in [1.165, 1.54) is 0 Å². The van der Waals surface area contributed by atoms with Crippen molar-refractivity contribution in [3.8, 4) is 16.9 Å². The molecule has 7 heteroatoms. The Morgan fingerprint density at radius 3 is 2.71 bits per heavy atom. The summed E-state index contributed by atoms with van der Waals surface area (Å²) in [4.78, 5) is 26.5. The summed E-state index contributed by atoms with van der Waals surface area (Å²) in [5.74, 6) is 1.67. The molecule has 34 heavy (non-hydrogen) atoms. The van der Waals surface area contributed by atoms with E-state index >= 15 is 0 Å². The number of imidazole rings is 1. The van der Waals surface area contributed by atoms with Crippen LogP contribution in [0.15, 0.2) is 54.6 Å². The molecule has 0 fully saturated rings. The van der Waals surface area contributed by atoms with Crippen molar-refractivity contribution < 1.29 is 9.53 Å². The summed E-state index contributed by atoms with van der Waals surface area (Å²) in [5, 5.41) is 1.62. The van der Waals surface area contributed by atoms with Crippen LogP contribution in [0.5, 0.6) is 5.75 Å². The molecule has 0 atom stereocenters. The fourth-order valence-electron chi connectivity index (χ4n) is 4.73. The molecule has 0 aliphatic carbocycles. The number of hydrogen-bond donors (Lipinski definition) is 2. The Labute approximate surface area is 201 Å². The number of hydrogen-bond acceptors (Lipinski definition) is 3. The van der Waals surface area contributed by atoms with Gasteiger partial charge in [-0.05, 0) is 73.0 Å². The smallest absolute Gasteiger partial charge is 0.271 e. The molecule has 0 bridgehead atoms. The largest absolute Gasteiger partial charge is 0.491 e. The molecule has 6 rings (SSSR count). The first-order valence-corrected chi connectivity index (χ1v) is 11.6. The van der Waals surface area contributed by atoms with Gasteiger partial charge >= 0.3 is 0 Å². The lowest BCUT2D eigenvalue weighted by atomic mass is 10.0. The Kier molecular flexibility index (Phi) is 4.85. The number of H-pyrrole nitrogens is 2. The van der Waals surface area contributed by atoms with E-state index in [1.54, 1.807) is 0 Å². The monoisotopic (exact) mass is 470 g/mol. The summed E-state index contributed by atoms with van der Waals surface area (Å²) < 4.78 is 6.00. The predicted molar refractivity (Wildman–Crippen MR) is 135 cm³/mol. The molecule has 5 aromatic rings. The standard InChI is InChI=1S/C27H23ClN4O2/c1-15-21-13-20(28)5-7-22(21)31-26(15)27(33)32-9-10-34-25-8-4-17(11-19(25)14-32)18-3-6-23-24(12-18)30-16(2)29-23/h3-8,11-13,31H,9-10,14H2,1-2H3,(H,29,30). The topological polar surface area (TPSA) is 74.0 Å². The van der Waals surface area contributed by atoms with E-state index in [1.807, 2.05) is 49.1 Å². The average molecular weight is 471 g/mol. The molecule has 0 unspecified atom stereocenters. The SMILES string of the molecule is Cc1nc2ccc(-c3ccc4c(c3)CN(C(=O)c3[nH]c5ccc(Cl)cc5c3C)CCO4)cc2[nH]1. The minimum atomic E-state index is -0.0407. The molecule has 6 nitrogen and oxygen atoms in total. The maximum absolute atomic E-state index is 13.5. The first-order chi connectivity index (χ1) is 16.5. The van der Waals surface area contributed by atoms with Crippen LogP contribution in [0.4, 0.5) is 0 Å². The number of nitrogens with one attached hydrogen (secondary N) is 2. The van der Waals surface area contributed by atoms with Crippen LogP contribution in [-0.4, -0.2) is 38.9 Å². The number of carbonyl (C=O) groups excluding carboxylic acids is 1. The number of amides is 1. The summed E-state index contributed by atoms with van der Waals surface area (Å²) in [6.45, 7) is 5.34. The number of fused-ring (bicyclic) bond motifs is 3. The Morgan fingerprint density at radius 1 is 1.00 bits per heavy atom. The molecule has 0 radical (unpaired) electrons. The van der Waals surface area contributed by atoms with Gasteiger partial charge in [0, 0.05) is 28.0 Å². The highest BCUT2D eigenvalue weighted by molar-refractivity contribution is 6.31. The minimum Gasteiger partial charge on any atom is -0.491 e. The summed E-state index contributed by atoms with van der Waals surface area (Å²) in [7, 11) is 0. The van der Waals surface area contributed by atoms with Crippen molar-refractivity contribution in [1.29, 1.82) is 0 Å². The highest BCUT2D eigenvalue weighted by Crippen LogP contribution is 2.32. The minimum absolute atomic E-state index is 0.0407. The second kappa shape index (κ2) is 7.92. The molecule has 2 aromatic heterocycles. The fourth-order valence-corrected chi connectivity index (χ4v) is 4.91. The maximum Gasteiger partial charge on any atom is 0.271 e. The molecular formula is C27H23ClN4O2. The number of carbonyl (C=O) groups is 1. The van der Waals surface area contributed by atoms with Crippen molar-refractivity contribution in [1.82, 2.24) is 19.9 Å². The number of aromatic amines is 2. The zero-order valence-corrected chi connectivity index (χ0v) is 19.7. The van der Waals surface area contributed by atoms with Crippen molar-refractivity contribution in [3.05, 3.63) is 82.3 Å². The molecule has 3 aromatic carbocycles. The van der Waals surface area contributed by atoms with E-state index in [0.29, 0.717) is 30.4 Å². The molecule has 2 N–H and O–H groups in total. The third-order valence-electron chi connectivity index (χ3n) is 6.50. The highest BCUT2D eigenvalue weighted by Gasteiger charge is 2.25. The zero-order valence-electron chi connectivity index (χ0n) is 18.9. The van der Waals surface area contributed by atoms with Crippen LogP contribution >= 0.6 is 11.6 Å². The van der Waals surface area contributed by atoms with Crippen LogP contribution in [0.2, 0.25) is 5.02 Å². The Hall–Kier alpha value is -3.77. The normalized spacial score (nSPS) is 13.7. The second-order valence-corrected chi connectivity index (χ2v) is 9.20. The van der Waals surface area contributed by atoms with E-state index in [-0.39, 0.29) is 5.91 Å². The lowest BCUT2D eigenvalue weighted by molar-refractivity contribution is 0.0727. The van der Waals surface area contributed by atoms with Gasteiger partial charge in [0.15, 0.2) is 0 Å². The molecule has 1 aliphatic rings. The van der Waals surface area contributed by atoms with E-state index < -0.39 is 0 Å². The van der Waals surface area contributed by atoms with Gasteiger partial charge in [0.25, 0.3) is 5.91 Å². The van der Waals surface area contributed by atoms with Crippen molar-refractivity contribution in [2.75, 3.05) is 13.2 Å². The van der Waals surface area contributed by atoms with Crippen molar-refractivity contribution in [2.45, 2.75) is 20.4 Å². The summed E-state index contributed by atoms with van der Waals surface area (Å²) >= 11 is 6.17. The Balaban J connectivity index is 1.34. The number of nitrogens with zero attached hydrogens (tertiary/aromatic N) is 2. The molecule has 1 amide bonds. The van der Waals surface area contributed by atoms with Crippen LogP contribution in [0.3, 0.4) is 0 Å². The predicted octanol–water partition coefficient (Wildman–Crippen LogP) is 6.02. The van der Waals surface area contributed by atoms with Crippen molar-refractivity contribution in [2.24, 2.45) is 0 Å². The molecule has 3 heterocycles. The van der Waals surface area contributed by atoms with Gasteiger partial charge in [-0.2, -0.15) is 0 Å². The molecule has 0 saturated carbocycles. The van der Waals surface area contributed by atoms with Crippen LogP contribution in [0.1, 0.15) is 27.4 Å². The number of benzene rings is 3. The van der Waals surface area contributed by atoms with Crippen molar-refractivity contribution >= 4 is 39.4 Å². The highest BCUT2D eigenvalue weighted by atomic mass is 35.5. The second-order valence-electron chi connectivity index (χ2n) is 8.77. The molecule has 170 valence electrons. The number of aryl methyl sites for hydroxylation is 2. The lowest BCUT2D eigenvalue weighted by Gasteiger charge is -2.20. The lowest BCUT2D eigenvalue weighted by Crippen LogP contribution is -2.33. The molecule has 0 spiro atoms. The summed E-state index contributed by atoms with van der Waals surface area (Å²) in [6, 6.07) is 18.0. The van der Waals surface area contributed by atoms with Crippen LogP contribution in [-0.2, 0) is 6.54 Å². The number of ether oxygens (including phenoxy) is 1. The van der Waals surface area contributed by atoms with Crippen LogP contribution in [0, 0.1) is 13.8 Å². The maximum atomic E-state index is 13.5. The number of aromatic nitrogens is 3. The molecular weight excluding hydrogens is 448 g/mol. The van der Waals surface area contributed by atoms with Gasteiger partial charge in [-0.3, -0.25) is 4.79 Å². The van der Waals surface area contributed by atoms with E-state index in [4.69, 9.17) is 16.3 Å².